The minimum Gasteiger partial charge on any atom is -0.477 e. The molecule has 0 aliphatic heterocycles. The quantitative estimate of drug-likeness (QED) is 0.0211. The van der Waals surface area contributed by atoms with Gasteiger partial charge in [-0.15, -0.1) is 0 Å². The smallest absolute Gasteiger partial charge is 0.361 e. The maximum atomic E-state index is 12.8. The molecule has 9 nitrogen and oxygen atoms in total. The van der Waals surface area contributed by atoms with E-state index in [4.69, 9.17) is 18.9 Å². The van der Waals surface area contributed by atoms with Gasteiger partial charge in [0.2, 0.25) is 0 Å². The van der Waals surface area contributed by atoms with Gasteiger partial charge in [-0.2, -0.15) is 0 Å². The number of nitrogens with zero attached hydrogens (tertiary/aromatic N) is 1. The van der Waals surface area contributed by atoms with E-state index >= 15 is 0 Å². The number of quaternary nitrogens is 1. The minimum absolute atomic E-state index is 0.182. The first-order valence-electron chi connectivity index (χ1n) is 28.5. The summed E-state index contributed by atoms with van der Waals surface area (Å²) in [5, 5.41) is 9.67. The van der Waals surface area contributed by atoms with Crippen LogP contribution in [0, 0.1) is 0 Å². The molecule has 394 valence electrons. The van der Waals surface area contributed by atoms with Gasteiger partial charge in [0.1, 0.15) is 13.2 Å². The number of carboxylic acid groups (broad SMARTS) is 1. The number of esters is 2. The van der Waals surface area contributed by atoms with Gasteiger partial charge >= 0.3 is 17.9 Å². The molecular weight excluding hydrogens is 839 g/mol. The fourth-order valence-electron chi connectivity index (χ4n) is 8.23. The molecule has 9 heteroatoms. The first kappa shape index (κ1) is 64.8. The Hall–Kier alpha value is -2.23. The Balaban J connectivity index is 4.04. The zero-order chi connectivity index (χ0) is 49.2. The van der Waals surface area contributed by atoms with Crippen LogP contribution in [0.25, 0.3) is 0 Å². The summed E-state index contributed by atoms with van der Waals surface area (Å²) >= 11 is 0. The fraction of sp³-hybridized carbons (Fsp3) is 0.879. The van der Waals surface area contributed by atoms with Gasteiger partial charge in [-0.05, 0) is 57.8 Å². The van der Waals surface area contributed by atoms with Crippen LogP contribution in [0.15, 0.2) is 24.3 Å². The molecule has 2 atom stereocenters. The van der Waals surface area contributed by atoms with Gasteiger partial charge in [-0.25, -0.2) is 4.79 Å². The number of unbranched alkanes of at least 4 members (excludes halogenated alkanes) is 34. The number of likely N-dealkylation sites (N-methyl/N-ethyl adjacent to an activating group) is 1. The highest BCUT2D eigenvalue weighted by atomic mass is 16.7. The number of hydrogen-bond acceptors (Lipinski definition) is 7. The van der Waals surface area contributed by atoms with Crippen molar-refractivity contribution in [2.45, 2.75) is 283 Å². The second-order valence-corrected chi connectivity index (χ2v) is 20.6. The number of rotatable bonds is 53. The average Bonchev–Trinajstić information content (AvgIpc) is 3.29. The van der Waals surface area contributed by atoms with Gasteiger partial charge in [-0.1, -0.05) is 224 Å². The Morgan fingerprint density at radius 1 is 0.433 bits per heavy atom. The van der Waals surface area contributed by atoms with E-state index in [-0.39, 0.29) is 32.2 Å². The predicted octanol–water partition coefficient (Wildman–Crippen LogP) is 16.3. The lowest BCUT2D eigenvalue weighted by Gasteiger charge is -2.25. The summed E-state index contributed by atoms with van der Waals surface area (Å²) in [5.41, 5.74) is 0. The number of ether oxygens (including phenoxy) is 4. The van der Waals surface area contributed by atoms with Gasteiger partial charge < -0.3 is 28.5 Å². The van der Waals surface area contributed by atoms with E-state index in [0.717, 1.165) is 64.2 Å². The van der Waals surface area contributed by atoms with E-state index < -0.39 is 24.3 Å². The molecular formula is C58H110NO8+. The number of hydrogen-bond donors (Lipinski definition) is 1. The predicted molar refractivity (Wildman–Crippen MR) is 281 cm³/mol. The molecule has 67 heavy (non-hydrogen) atoms. The van der Waals surface area contributed by atoms with Crippen molar-refractivity contribution < 1.29 is 42.9 Å². The van der Waals surface area contributed by atoms with Crippen LogP contribution in [0.1, 0.15) is 271 Å². The van der Waals surface area contributed by atoms with Crippen LogP contribution < -0.4 is 0 Å². The monoisotopic (exact) mass is 949 g/mol. The molecule has 0 bridgehead atoms. The lowest BCUT2D eigenvalue weighted by molar-refractivity contribution is -0.870. The summed E-state index contributed by atoms with van der Waals surface area (Å²) in [6.07, 6.45) is 55.7. The minimum atomic E-state index is -1.51. The zero-order valence-electron chi connectivity index (χ0n) is 44.8. The number of aliphatic carboxylic acids is 1. The number of carbonyl (C=O) groups excluding carboxylic acids is 2. The van der Waals surface area contributed by atoms with Crippen molar-refractivity contribution in [3.8, 4) is 0 Å². The van der Waals surface area contributed by atoms with Crippen molar-refractivity contribution in [3.05, 3.63) is 24.3 Å². The lowest BCUT2D eigenvalue weighted by atomic mass is 10.0. The van der Waals surface area contributed by atoms with E-state index in [0.29, 0.717) is 17.4 Å². The lowest BCUT2D eigenvalue weighted by Crippen LogP contribution is -2.40. The molecule has 0 fully saturated rings. The molecule has 0 aromatic rings. The molecule has 0 rings (SSSR count). The maximum absolute atomic E-state index is 12.8. The van der Waals surface area contributed by atoms with Gasteiger partial charge in [0.25, 0.3) is 6.29 Å². The normalized spacial score (nSPS) is 12.9. The summed E-state index contributed by atoms with van der Waals surface area (Å²) in [4.78, 5) is 37.2. The maximum Gasteiger partial charge on any atom is 0.361 e. The summed E-state index contributed by atoms with van der Waals surface area (Å²) in [6, 6.07) is 0. The summed E-state index contributed by atoms with van der Waals surface area (Å²) in [5.74, 6) is -2.00. The highest BCUT2D eigenvalue weighted by molar-refractivity contribution is 5.71. The standard InChI is InChI=1S/C58H109NO8/c1-6-8-10-12-14-16-18-19-20-21-22-23-24-25-26-27-28-29-30-31-32-33-34-35-36-37-39-41-43-45-47-49-56(61)67-54(53-66-58(57(62)63)64-51-50-59(3,4)5)52-65-55(60)48-46-44-42-40-38-17-15-13-11-9-7-2/h13,15,21-22,54,58H,6-12,14,16-20,23-53H2,1-5H3/p+1/b15-13-,22-21-. The molecule has 0 aromatic heterocycles. The van der Waals surface area contributed by atoms with Crippen molar-refractivity contribution in [2.75, 3.05) is 47.5 Å². The highest BCUT2D eigenvalue weighted by Crippen LogP contribution is 2.17. The Labute approximate surface area is 414 Å². The van der Waals surface area contributed by atoms with Crippen LogP contribution in [0.3, 0.4) is 0 Å². The zero-order valence-corrected chi connectivity index (χ0v) is 44.8. The van der Waals surface area contributed by atoms with Crippen molar-refractivity contribution in [1.82, 2.24) is 0 Å². The van der Waals surface area contributed by atoms with Crippen LogP contribution in [-0.2, 0) is 33.3 Å². The second kappa shape index (κ2) is 50.2. The van der Waals surface area contributed by atoms with E-state index in [1.54, 1.807) is 0 Å². The summed E-state index contributed by atoms with van der Waals surface area (Å²) in [6.45, 7) is 4.85. The average molecular weight is 950 g/mol. The molecule has 0 aromatic carbocycles. The molecule has 0 heterocycles. The topological polar surface area (TPSA) is 108 Å². The molecule has 0 aliphatic carbocycles. The summed E-state index contributed by atoms with van der Waals surface area (Å²) in [7, 11) is 5.97. The van der Waals surface area contributed by atoms with Crippen molar-refractivity contribution in [1.29, 1.82) is 0 Å². The largest absolute Gasteiger partial charge is 0.477 e. The Morgan fingerprint density at radius 3 is 1.15 bits per heavy atom. The second-order valence-electron chi connectivity index (χ2n) is 20.6. The van der Waals surface area contributed by atoms with Gasteiger partial charge in [-0.3, -0.25) is 9.59 Å². The number of carbonyl (C=O) groups is 3. The number of allylic oxidation sites excluding steroid dienone is 4. The first-order valence-corrected chi connectivity index (χ1v) is 28.5. The first-order chi connectivity index (χ1) is 32.6. The van der Waals surface area contributed by atoms with Gasteiger partial charge in [0.15, 0.2) is 6.10 Å². The van der Waals surface area contributed by atoms with E-state index in [2.05, 4.69) is 38.2 Å². The molecule has 0 radical (unpaired) electrons. The SMILES string of the molecule is CCCC/C=C\CCCCCCCC(=O)OCC(COC(OCC[N+](C)(C)C)C(=O)O)OC(=O)CCCCCCCCCCCCCCCCCCCCC/C=C\CCCCCCCCCC. The molecule has 0 amide bonds. The van der Waals surface area contributed by atoms with Crippen LogP contribution in [0.2, 0.25) is 0 Å². The third kappa shape index (κ3) is 51.4. The summed E-state index contributed by atoms with van der Waals surface area (Å²) < 4.78 is 22.8. The third-order valence-corrected chi connectivity index (χ3v) is 12.7. The van der Waals surface area contributed by atoms with Crippen LogP contribution in [0.5, 0.6) is 0 Å². The third-order valence-electron chi connectivity index (χ3n) is 12.7. The molecule has 1 N–H and O–H groups in total. The van der Waals surface area contributed by atoms with E-state index in [1.165, 1.54) is 180 Å². The highest BCUT2D eigenvalue weighted by Gasteiger charge is 2.25. The van der Waals surface area contributed by atoms with Gasteiger partial charge in [0, 0.05) is 12.8 Å². The Morgan fingerprint density at radius 2 is 0.776 bits per heavy atom. The Bertz CT molecular complexity index is 1150. The van der Waals surface area contributed by atoms with Crippen LogP contribution >= 0.6 is 0 Å². The molecule has 0 saturated heterocycles. The van der Waals surface area contributed by atoms with E-state index in [9.17, 15) is 19.5 Å². The van der Waals surface area contributed by atoms with Gasteiger partial charge in [0.05, 0.1) is 34.4 Å². The molecule has 0 spiro atoms. The van der Waals surface area contributed by atoms with E-state index in [1.807, 2.05) is 21.1 Å². The number of carboxylic acids is 1. The molecule has 0 saturated carbocycles. The molecule has 0 aliphatic rings. The van der Waals surface area contributed by atoms with Crippen molar-refractivity contribution in [3.63, 3.8) is 0 Å². The Kier molecular flexibility index (Phi) is 48.5. The van der Waals surface area contributed by atoms with Crippen LogP contribution in [0.4, 0.5) is 0 Å². The van der Waals surface area contributed by atoms with Crippen LogP contribution in [-0.4, -0.2) is 87.4 Å². The van der Waals surface area contributed by atoms with Crippen molar-refractivity contribution >= 4 is 17.9 Å². The van der Waals surface area contributed by atoms with Crippen molar-refractivity contribution in [2.24, 2.45) is 0 Å². The fourth-order valence-corrected chi connectivity index (χ4v) is 8.23. The molecule has 2 unspecified atom stereocenters.